The van der Waals surface area contributed by atoms with E-state index in [1.807, 2.05) is 58.5 Å². The summed E-state index contributed by atoms with van der Waals surface area (Å²) in [4.78, 5) is 35.4. The van der Waals surface area contributed by atoms with Gasteiger partial charge in [0.25, 0.3) is 11.5 Å². The maximum atomic E-state index is 13.9. The molecular weight excluding hydrogens is 547 g/mol. The van der Waals surface area contributed by atoms with Crippen molar-refractivity contribution in [3.8, 4) is 0 Å². The number of amides is 1. The number of nitrogens with one attached hydrogen (secondary N) is 2. The minimum absolute atomic E-state index is 0.0865. The normalized spacial score (nSPS) is 16.8. The number of hydrogen-bond donors (Lipinski definition) is 2. The van der Waals surface area contributed by atoms with Gasteiger partial charge in [-0.1, -0.05) is 36.4 Å². The van der Waals surface area contributed by atoms with E-state index in [1.165, 1.54) is 0 Å². The van der Waals surface area contributed by atoms with E-state index < -0.39 is 23.3 Å². The quantitative estimate of drug-likeness (QED) is 0.354. The summed E-state index contributed by atoms with van der Waals surface area (Å²) in [5, 5.41) is 8.89. The highest BCUT2D eigenvalue weighted by molar-refractivity contribution is 5.95. The molecule has 1 amide bonds. The standard InChI is InChI=1S/C30H28F3N7O2/c31-30(32,33)27-25(18-36-37-28(27)41)40-19-21-6-1-2-9-23(21)24(40)17-35-22-8-5-7-20(16-22)29(42)39-14-12-38(13-15-39)26-10-3-4-11-34-26/h1-11,16,18,24,35H,12-15,17,19H2,(H,37,41). The van der Waals surface area contributed by atoms with Crippen LogP contribution in [0.5, 0.6) is 0 Å². The van der Waals surface area contributed by atoms with Crippen LogP contribution < -0.4 is 20.7 Å². The molecule has 1 fully saturated rings. The number of pyridine rings is 1. The molecule has 2 aliphatic heterocycles. The van der Waals surface area contributed by atoms with Gasteiger partial charge in [-0.25, -0.2) is 10.1 Å². The van der Waals surface area contributed by atoms with E-state index in [-0.39, 0.29) is 24.7 Å². The zero-order chi connectivity index (χ0) is 29.3. The zero-order valence-corrected chi connectivity index (χ0v) is 22.5. The number of anilines is 3. The van der Waals surface area contributed by atoms with Crippen molar-refractivity contribution in [3.05, 3.63) is 112 Å². The number of fused-ring (bicyclic) bond motifs is 1. The molecule has 42 heavy (non-hydrogen) atoms. The third-order valence-electron chi connectivity index (χ3n) is 7.71. The average molecular weight is 576 g/mol. The molecule has 0 spiro atoms. The monoisotopic (exact) mass is 575 g/mol. The predicted octanol–water partition coefficient (Wildman–Crippen LogP) is 4.32. The van der Waals surface area contributed by atoms with Crippen molar-refractivity contribution < 1.29 is 18.0 Å². The van der Waals surface area contributed by atoms with Crippen molar-refractivity contribution in [1.82, 2.24) is 20.1 Å². The summed E-state index contributed by atoms with van der Waals surface area (Å²) in [6.07, 6.45) is -2.05. The van der Waals surface area contributed by atoms with E-state index >= 15 is 0 Å². The van der Waals surface area contributed by atoms with Crippen molar-refractivity contribution in [2.45, 2.75) is 18.8 Å². The molecule has 6 rings (SSSR count). The maximum Gasteiger partial charge on any atom is 0.423 e. The number of aromatic nitrogens is 3. The Labute approximate surface area is 239 Å². The summed E-state index contributed by atoms with van der Waals surface area (Å²) in [6, 6.07) is 19.8. The summed E-state index contributed by atoms with van der Waals surface area (Å²) in [5.74, 6) is 0.799. The highest BCUT2D eigenvalue weighted by Gasteiger charge is 2.41. The molecule has 0 saturated carbocycles. The van der Waals surface area contributed by atoms with Crippen molar-refractivity contribution in [1.29, 1.82) is 0 Å². The van der Waals surface area contributed by atoms with E-state index in [0.29, 0.717) is 37.4 Å². The molecule has 2 aromatic heterocycles. The lowest BCUT2D eigenvalue weighted by Gasteiger charge is -2.35. The molecule has 2 aliphatic rings. The number of halogens is 3. The van der Waals surface area contributed by atoms with Crippen LogP contribution in [-0.2, 0) is 12.7 Å². The number of nitrogens with zero attached hydrogens (tertiary/aromatic N) is 5. The van der Waals surface area contributed by atoms with E-state index in [1.54, 1.807) is 29.3 Å². The number of carbonyl (C=O) groups excluding carboxylic acids is 1. The Morgan fingerprint density at radius 1 is 1.00 bits per heavy atom. The molecule has 1 atom stereocenters. The highest BCUT2D eigenvalue weighted by Crippen LogP contribution is 2.42. The SMILES string of the molecule is O=C(c1cccc(NCC2c3ccccc3CN2c2cn[nH]c(=O)c2C(F)(F)F)c1)N1CCN(c2ccccn2)CC1. The number of aromatic amines is 1. The fraction of sp³-hybridized carbons (Fsp3) is 0.267. The van der Waals surface area contributed by atoms with Gasteiger partial charge in [-0.05, 0) is 41.5 Å². The molecule has 2 N–H and O–H groups in total. The van der Waals surface area contributed by atoms with Crippen LogP contribution in [0.4, 0.5) is 30.4 Å². The number of carbonyl (C=O) groups is 1. The molecule has 216 valence electrons. The Morgan fingerprint density at radius 3 is 2.55 bits per heavy atom. The predicted molar refractivity (Wildman–Crippen MR) is 153 cm³/mol. The second-order valence-corrected chi connectivity index (χ2v) is 10.2. The number of rotatable bonds is 6. The Balaban J connectivity index is 1.18. The molecule has 4 aromatic rings. The molecule has 0 aliphatic carbocycles. The van der Waals surface area contributed by atoms with Gasteiger partial charge in [0.1, 0.15) is 11.4 Å². The molecular formula is C30H28F3N7O2. The number of H-pyrrole nitrogens is 1. The van der Waals surface area contributed by atoms with E-state index in [0.717, 1.165) is 23.1 Å². The summed E-state index contributed by atoms with van der Waals surface area (Å²) < 4.78 is 41.8. The molecule has 1 unspecified atom stereocenters. The fourth-order valence-electron chi connectivity index (χ4n) is 5.66. The first-order valence-electron chi connectivity index (χ1n) is 13.6. The smallest absolute Gasteiger partial charge is 0.383 e. The van der Waals surface area contributed by atoms with Gasteiger partial charge in [0, 0.05) is 56.7 Å². The van der Waals surface area contributed by atoms with Gasteiger partial charge in [0.2, 0.25) is 0 Å². The lowest BCUT2D eigenvalue weighted by molar-refractivity contribution is -0.138. The third kappa shape index (κ3) is 5.39. The van der Waals surface area contributed by atoms with Crippen LogP contribution in [0.2, 0.25) is 0 Å². The molecule has 12 heteroatoms. The second-order valence-electron chi connectivity index (χ2n) is 10.2. The van der Waals surface area contributed by atoms with Crippen molar-refractivity contribution >= 4 is 23.1 Å². The first-order chi connectivity index (χ1) is 20.3. The molecule has 4 heterocycles. The second kappa shape index (κ2) is 11.2. The van der Waals surface area contributed by atoms with Crippen LogP contribution in [0.1, 0.15) is 33.1 Å². The summed E-state index contributed by atoms with van der Waals surface area (Å²) in [5.41, 5.74) is 0.0807. The van der Waals surface area contributed by atoms with Gasteiger partial charge in [0.05, 0.1) is 17.9 Å². The van der Waals surface area contributed by atoms with Crippen LogP contribution in [0.25, 0.3) is 0 Å². The minimum Gasteiger partial charge on any atom is -0.383 e. The third-order valence-corrected chi connectivity index (χ3v) is 7.71. The minimum atomic E-state index is -4.85. The van der Waals surface area contributed by atoms with Crippen LogP contribution in [-0.4, -0.2) is 58.7 Å². The van der Waals surface area contributed by atoms with Crippen LogP contribution in [0.3, 0.4) is 0 Å². The Hall–Kier alpha value is -4.87. The van der Waals surface area contributed by atoms with Gasteiger partial charge in [-0.3, -0.25) is 9.59 Å². The lowest BCUT2D eigenvalue weighted by Crippen LogP contribution is -2.49. The highest BCUT2D eigenvalue weighted by atomic mass is 19.4. The molecule has 0 bridgehead atoms. The molecule has 9 nitrogen and oxygen atoms in total. The van der Waals surface area contributed by atoms with E-state index in [2.05, 4.69) is 20.3 Å². The Morgan fingerprint density at radius 2 is 1.79 bits per heavy atom. The van der Waals surface area contributed by atoms with E-state index in [9.17, 15) is 22.8 Å². The molecule has 2 aromatic carbocycles. The topological polar surface area (TPSA) is 97.5 Å². The van der Waals surface area contributed by atoms with Crippen molar-refractivity contribution in [3.63, 3.8) is 0 Å². The van der Waals surface area contributed by atoms with Gasteiger partial charge >= 0.3 is 6.18 Å². The fourth-order valence-corrected chi connectivity index (χ4v) is 5.66. The Bertz CT molecular complexity index is 1640. The van der Waals surface area contributed by atoms with E-state index in [4.69, 9.17) is 0 Å². The van der Waals surface area contributed by atoms with Gasteiger partial charge in [-0.2, -0.15) is 18.3 Å². The van der Waals surface area contributed by atoms with Crippen LogP contribution in [0, 0.1) is 0 Å². The summed E-state index contributed by atoms with van der Waals surface area (Å²) in [7, 11) is 0. The average Bonchev–Trinajstić information content (AvgIpc) is 3.38. The number of benzene rings is 2. The summed E-state index contributed by atoms with van der Waals surface area (Å²) in [6.45, 7) is 2.91. The number of piperazine rings is 1. The van der Waals surface area contributed by atoms with Crippen LogP contribution in [0.15, 0.2) is 83.9 Å². The molecule has 0 radical (unpaired) electrons. The Kier molecular flexibility index (Phi) is 7.27. The van der Waals surface area contributed by atoms with Gasteiger partial charge < -0.3 is 20.0 Å². The maximum absolute atomic E-state index is 13.9. The van der Waals surface area contributed by atoms with Crippen molar-refractivity contribution in [2.75, 3.05) is 47.8 Å². The number of hydrogen-bond acceptors (Lipinski definition) is 7. The lowest BCUT2D eigenvalue weighted by atomic mass is 10.0. The van der Waals surface area contributed by atoms with Gasteiger partial charge in [-0.15, -0.1) is 0 Å². The molecule has 1 saturated heterocycles. The largest absolute Gasteiger partial charge is 0.423 e. The van der Waals surface area contributed by atoms with Crippen LogP contribution >= 0.6 is 0 Å². The van der Waals surface area contributed by atoms with Gasteiger partial charge in [0.15, 0.2) is 0 Å². The first kappa shape index (κ1) is 27.3. The first-order valence-corrected chi connectivity index (χ1v) is 13.6. The number of alkyl halides is 3. The summed E-state index contributed by atoms with van der Waals surface area (Å²) >= 11 is 0. The van der Waals surface area contributed by atoms with Crippen molar-refractivity contribution in [2.24, 2.45) is 0 Å². The zero-order valence-electron chi connectivity index (χ0n) is 22.5.